The molecule has 2 aromatic rings. The molecular formula is C9H12N5O4P. The van der Waals surface area contributed by atoms with Crippen molar-refractivity contribution in [1.82, 2.24) is 19.5 Å². The van der Waals surface area contributed by atoms with E-state index in [0.29, 0.717) is 11.2 Å². The van der Waals surface area contributed by atoms with Crippen molar-refractivity contribution in [2.24, 2.45) is 0 Å². The lowest BCUT2D eigenvalue weighted by atomic mass is 10.2. The molecule has 9 nitrogen and oxygen atoms in total. The van der Waals surface area contributed by atoms with Crippen molar-refractivity contribution in [1.29, 1.82) is 0 Å². The highest BCUT2D eigenvalue weighted by Gasteiger charge is 2.39. The lowest BCUT2D eigenvalue weighted by Gasteiger charge is -2.12. The van der Waals surface area contributed by atoms with E-state index < -0.39 is 13.4 Å². The van der Waals surface area contributed by atoms with Crippen molar-refractivity contribution in [3.8, 4) is 0 Å². The maximum Gasteiger partial charge on any atom is 0.354 e. The summed E-state index contributed by atoms with van der Waals surface area (Å²) in [4.78, 5) is 30.3. The second-order valence-electron chi connectivity index (χ2n) is 4.35. The number of fused-ring (bicyclic) bond motifs is 1. The van der Waals surface area contributed by atoms with Crippen molar-refractivity contribution in [3.05, 3.63) is 12.7 Å². The van der Waals surface area contributed by atoms with E-state index in [9.17, 15) is 4.57 Å². The molecule has 1 aliphatic heterocycles. The maximum absolute atomic E-state index is 11.2. The van der Waals surface area contributed by atoms with E-state index in [4.69, 9.17) is 20.3 Å². The smallest absolute Gasteiger partial charge is 0.354 e. The first-order valence-corrected chi connectivity index (χ1v) is 7.25. The summed E-state index contributed by atoms with van der Waals surface area (Å²) in [6.07, 6.45) is 3.07. The van der Waals surface area contributed by atoms with Crippen LogP contribution in [0.4, 0.5) is 5.82 Å². The van der Waals surface area contributed by atoms with E-state index >= 15 is 0 Å². The number of nitrogen functional groups attached to an aromatic ring is 1. The van der Waals surface area contributed by atoms with Crippen LogP contribution in [-0.2, 0) is 9.30 Å². The first-order valence-electron chi connectivity index (χ1n) is 5.56. The van der Waals surface area contributed by atoms with Crippen LogP contribution in [0, 0.1) is 0 Å². The number of hydrogen-bond acceptors (Lipinski definition) is 6. The molecule has 0 radical (unpaired) electrons. The van der Waals surface area contributed by atoms with Crippen molar-refractivity contribution in [2.45, 2.75) is 18.3 Å². The molecule has 0 aromatic carbocycles. The third kappa shape index (κ3) is 2.10. The second kappa shape index (κ2) is 4.24. The number of rotatable bonds is 2. The van der Waals surface area contributed by atoms with Gasteiger partial charge in [-0.15, -0.1) is 0 Å². The maximum atomic E-state index is 11.2. The van der Waals surface area contributed by atoms with Crippen LogP contribution in [0.5, 0.6) is 0 Å². The minimum atomic E-state index is -4.24. The van der Waals surface area contributed by atoms with Gasteiger partial charge in [-0.1, -0.05) is 0 Å². The lowest BCUT2D eigenvalue weighted by Crippen LogP contribution is -2.09. The Morgan fingerprint density at radius 1 is 1.42 bits per heavy atom. The van der Waals surface area contributed by atoms with Crippen LogP contribution in [0.3, 0.4) is 0 Å². The average molecular weight is 285 g/mol. The van der Waals surface area contributed by atoms with Gasteiger partial charge in [0, 0.05) is 6.42 Å². The van der Waals surface area contributed by atoms with E-state index in [2.05, 4.69) is 15.0 Å². The zero-order valence-electron chi connectivity index (χ0n) is 9.75. The van der Waals surface area contributed by atoms with Crippen molar-refractivity contribution < 1.29 is 19.1 Å². The lowest BCUT2D eigenvalue weighted by molar-refractivity contribution is 0.135. The Labute approximate surface area is 107 Å². The second-order valence-corrected chi connectivity index (χ2v) is 6.10. The number of anilines is 1. The van der Waals surface area contributed by atoms with Gasteiger partial charge in [-0.25, -0.2) is 15.0 Å². The molecule has 1 fully saturated rings. The van der Waals surface area contributed by atoms with Crippen LogP contribution < -0.4 is 5.73 Å². The first kappa shape index (κ1) is 12.5. The van der Waals surface area contributed by atoms with Crippen LogP contribution in [0.1, 0.15) is 12.5 Å². The van der Waals surface area contributed by atoms with Crippen molar-refractivity contribution >= 4 is 24.6 Å². The predicted octanol–water partition coefficient (Wildman–Crippen LogP) is -0.126. The van der Waals surface area contributed by atoms with Crippen molar-refractivity contribution in [3.63, 3.8) is 0 Å². The van der Waals surface area contributed by atoms with Gasteiger partial charge in [-0.05, 0) is 0 Å². The van der Waals surface area contributed by atoms with Gasteiger partial charge in [0.25, 0.3) is 0 Å². The highest BCUT2D eigenvalue weighted by atomic mass is 31.2. The topological polar surface area (TPSA) is 136 Å². The molecule has 19 heavy (non-hydrogen) atoms. The molecule has 0 amide bonds. The standard InChI is InChI=1S/C9H12N5O4P/c10-8-7-9(12-3-11-8)14(4-13-7)5-1-6(18-2-5)19(15,16)17/h3-6H,1-2H2,(H2,10,11,12)(H2,15,16,17)/t5-,6+/m1/s1. The van der Waals surface area contributed by atoms with Crippen LogP contribution in [-0.4, -0.2) is 41.8 Å². The summed E-state index contributed by atoms with van der Waals surface area (Å²) in [5.74, 6) is -0.802. The summed E-state index contributed by atoms with van der Waals surface area (Å²) >= 11 is 0. The van der Waals surface area contributed by atoms with Gasteiger partial charge < -0.3 is 24.8 Å². The molecule has 10 heteroatoms. The molecule has 3 heterocycles. The molecule has 0 spiro atoms. The number of ether oxygens (including phenoxy) is 1. The quantitative estimate of drug-likeness (QED) is 0.649. The van der Waals surface area contributed by atoms with Crippen LogP contribution >= 0.6 is 7.60 Å². The molecule has 2 atom stereocenters. The van der Waals surface area contributed by atoms with Gasteiger partial charge in [-0.3, -0.25) is 4.57 Å². The Kier molecular flexibility index (Phi) is 2.79. The van der Waals surface area contributed by atoms with Gasteiger partial charge in [0.05, 0.1) is 19.0 Å². The summed E-state index contributed by atoms with van der Waals surface area (Å²) in [5.41, 5.74) is 6.69. The normalized spacial score (nSPS) is 24.1. The first-order chi connectivity index (χ1) is 8.97. The molecule has 1 saturated heterocycles. The molecule has 2 aromatic heterocycles. The van der Waals surface area contributed by atoms with Gasteiger partial charge in [0.15, 0.2) is 17.3 Å². The largest absolute Gasteiger partial charge is 0.382 e. The molecule has 0 saturated carbocycles. The number of imidazole rings is 1. The van der Waals surface area contributed by atoms with E-state index in [-0.39, 0.29) is 24.9 Å². The number of hydrogen-bond donors (Lipinski definition) is 3. The van der Waals surface area contributed by atoms with Crippen LogP contribution in [0.2, 0.25) is 0 Å². The SMILES string of the molecule is Nc1ncnc2c1ncn2[C@H]1CO[C@@H](P(=O)(O)O)C1. The predicted molar refractivity (Wildman–Crippen MR) is 65.2 cm³/mol. The van der Waals surface area contributed by atoms with E-state index in [1.807, 2.05) is 0 Å². The fourth-order valence-electron chi connectivity index (χ4n) is 2.16. The summed E-state index contributed by atoms with van der Waals surface area (Å²) < 4.78 is 18.0. The summed E-state index contributed by atoms with van der Waals surface area (Å²) in [5, 5.41) is 0. The molecule has 0 aliphatic carbocycles. The van der Waals surface area contributed by atoms with Gasteiger partial charge >= 0.3 is 7.60 Å². The van der Waals surface area contributed by atoms with Crippen LogP contribution in [0.15, 0.2) is 12.7 Å². The molecule has 0 bridgehead atoms. The third-order valence-corrected chi connectivity index (χ3v) is 4.22. The minimum absolute atomic E-state index is 0.200. The van der Waals surface area contributed by atoms with Crippen LogP contribution in [0.25, 0.3) is 11.2 Å². The molecular weight excluding hydrogens is 273 g/mol. The Morgan fingerprint density at radius 3 is 2.89 bits per heavy atom. The monoisotopic (exact) mass is 285 g/mol. The van der Waals surface area contributed by atoms with Gasteiger partial charge in [-0.2, -0.15) is 0 Å². The zero-order chi connectivity index (χ0) is 13.6. The number of nitrogens with zero attached hydrogens (tertiary/aromatic N) is 4. The summed E-state index contributed by atoms with van der Waals surface area (Å²) in [6.45, 7) is 0.200. The molecule has 4 N–H and O–H groups in total. The Morgan fingerprint density at radius 2 is 2.21 bits per heavy atom. The fourth-order valence-corrected chi connectivity index (χ4v) is 2.95. The highest BCUT2D eigenvalue weighted by Crippen LogP contribution is 2.48. The highest BCUT2D eigenvalue weighted by molar-refractivity contribution is 7.52. The average Bonchev–Trinajstić information content (AvgIpc) is 2.93. The van der Waals surface area contributed by atoms with Gasteiger partial charge in [0.1, 0.15) is 11.8 Å². The molecule has 1 aliphatic rings. The summed E-state index contributed by atoms with van der Waals surface area (Å²) in [7, 11) is -4.24. The Bertz CT molecular complexity index is 668. The Hall–Kier alpha value is -1.54. The van der Waals surface area contributed by atoms with Crippen molar-refractivity contribution in [2.75, 3.05) is 12.3 Å². The Balaban J connectivity index is 1.94. The molecule has 0 unspecified atom stereocenters. The van der Waals surface area contributed by atoms with E-state index in [0.717, 1.165) is 0 Å². The van der Waals surface area contributed by atoms with Gasteiger partial charge in [0.2, 0.25) is 0 Å². The van der Waals surface area contributed by atoms with E-state index in [1.165, 1.54) is 12.7 Å². The molecule has 102 valence electrons. The molecule has 3 rings (SSSR count). The van der Waals surface area contributed by atoms with E-state index in [1.54, 1.807) is 4.57 Å². The summed E-state index contributed by atoms with van der Waals surface area (Å²) in [6, 6.07) is -0.225. The number of aromatic nitrogens is 4. The minimum Gasteiger partial charge on any atom is -0.382 e. The zero-order valence-corrected chi connectivity index (χ0v) is 10.6. The fraction of sp³-hybridized carbons (Fsp3) is 0.444. The number of nitrogens with two attached hydrogens (primary N) is 1. The third-order valence-electron chi connectivity index (χ3n) is 3.11.